The minimum atomic E-state index is -0.541. The summed E-state index contributed by atoms with van der Waals surface area (Å²) in [5, 5.41) is 25.0. The molecule has 72 heavy (non-hydrogen) atoms. The standard InChI is InChI=1S/2C29H30P2.4CN.2Pt/c2*1-5-13-26(14-6-1)21-30(22-27-15-7-2-8-16-27)25-31(23-28-17-9-3-10-18-28)24-29-19-11-4-12-20-29;4*1-2;;/h2*1-20H,21-25H2;;;;;;/q;;4*-1;;/p+4. The Hall–Kier alpha value is -5.18. The fourth-order valence-corrected chi connectivity index (χ4v) is 25.2. The summed E-state index contributed by atoms with van der Waals surface area (Å²) in [5.41, 5.74) is 12.1. The predicted octanol–water partition coefficient (Wildman–Crippen LogP) is 16.7. The van der Waals surface area contributed by atoms with E-state index in [0.717, 1.165) is 0 Å². The van der Waals surface area contributed by atoms with Gasteiger partial charge in [0.05, 0.1) is 49.3 Å². The molecular formula is C62H64N4P4Pt2. The first-order valence-electron chi connectivity index (χ1n) is 23.3. The van der Waals surface area contributed by atoms with Crippen molar-refractivity contribution in [3.05, 3.63) is 313 Å². The molecule has 8 aromatic carbocycles. The van der Waals surface area contributed by atoms with Crippen LogP contribution in [-0.4, -0.2) is 11.8 Å². The molecule has 0 atom stereocenters. The van der Waals surface area contributed by atoms with Gasteiger partial charge in [-0.05, 0) is 44.5 Å². The van der Waals surface area contributed by atoms with Gasteiger partial charge in [-0.25, -0.2) is 0 Å². The number of nitrogens with zero attached hydrogens (tertiary/aromatic N) is 4. The van der Waals surface area contributed by atoms with E-state index in [0.29, 0.717) is 0 Å². The second-order valence-corrected chi connectivity index (χ2v) is 28.3. The summed E-state index contributed by atoms with van der Waals surface area (Å²) < 4.78 is 0. The summed E-state index contributed by atoms with van der Waals surface area (Å²) in [6.07, 6.45) is 10.1. The molecule has 0 amide bonds. The fourth-order valence-electron chi connectivity index (χ4n) is 8.53. The molecule has 0 aliphatic carbocycles. The van der Waals surface area contributed by atoms with Crippen molar-refractivity contribution in [1.82, 2.24) is 0 Å². The molecule has 0 aliphatic heterocycles. The van der Waals surface area contributed by atoms with E-state index >= 15 is 0 Å². The van der Waals surface area contributed by atoms with Gasteiger partial charge in [0.2, 0.25) is 0 Å². The molecule has 4 nitrogen and oxygen atoms in total. The zero-order valence-corrected chi connectivity index (χ0v) is 49.1. The van der Waals surface area contributed by atoms with Crippen molar-refractivity contribution in [3.63, 3.8) is 0 Å². The van der Waals surface area contributed by atoms with E-state index in [1.54, 1.807) is 0 Å². The van der Waals surface area contributed by atoms with Crippen molar-refractivity contribution in [3.8, 4) is 0 Å². The first-order valence-corrected chi connectivity index (χ1v) is 31.7. The molecule has 0 spiro atoms. The third-order valence-corrected chi connectivity index (χ3v) is 26.6. The Balaban J connectivity index is 0.000000618. The van der Waals surface area contributed by atoms with Gasteiger partial charge in [-0.1, -0.05) is 243 Å². The first-order chi connectivity index (χ1) is 34.7. The maximum atomic E-state index is 6.25. The van der Waals surface area contributed by atoms with Gasteiger partial charge in [0.25, 0.3) is 0 Å². The van der Waals surface area contributed by atoms with Crippen LogP contribution in [0.25, 0.3) is 0 Å². The average molecular weight is 1380 g/mol. The molecule has 0 aliphatic rings. The Labute approximate surface area is 465 Å². The summed E-state index contributed by atoms with van der Waals surface area (Å²) in [5.74, 6) is 2.87. The Kier molecular flexibility index (Phi) is 38.1. The molecule has 8 rings (SSSR count). The third-order valence-electron chi connectivity index (χ3n) is 11.4. The van der Waals surface area contributed by atoms with Gasteiger partial charge in [0.15, 0.2) is 11.8 Å². The first kappa shape index (κ1) is 64.8. The van der Waals surface area contributed by atoms with E-state index in [9.17, 15) is 0 Å². The van der Waals surface area contributed by atoms with Crippen LogP contribution in [-0.2, 0) is 91.4 Å². The minimum absolute atomic E-state index is 0. The van der Waals surface area contributed by atoms with Crippen LogP contribution in [0.15, 0.2) is 243 Å². The second kappa shape index (κ2) is 42.3. The molecular weight excluding hydrogens is 1310 g/mol. The van der Waals surface area contributed by atoms with Crippen LogP contribution < -0.4 is 0 Å². The molecule has 0 saturated carbocycles. The zero-order chi connectivity index (χ0) is 50.3. The quantitative estimate of drug-likeness (QED) is 0.0561. The second-order valence-electron chi connectivity index (χ2n) is 16.7. The minimum Gasteiger partial charge on any atom is -0.512 e. The van der Waals surface area contributed by atoms with Crippen molar-refractivity contribution < 1.29 is 42.1 Å². The van der Waals surface area contributed by atoms with Crippen LogP contribution in [0.5, 0.6) is 0 Å². The van der Waals surface area contributed by atoms with Crippen molar-refractivity contribution in [2.24, 2.45) is 0 Å². The van der Waals surface area contributed by atoms with Gasteiger partial charge in [0, 0.05) is 73.8 Å². The normalized spacial score (nSPS) is 9.72. The van der Waals surface area contributed by atoms with Crippen molar-refractivity contribution >= 4 is 31.7 Å². The van der Waals surface area contributed by atoms with Crippen LogP contribution >= 0.6 is 31.7 Å². The van der Waals surface area contributed by atoms with Gasteiger partial charge in [-0.15, -0.1) is 0 Å². The molecule has 0 bridgehead atoms. The third kappa shape index (κ3) is 27.0. The van der Waals surface area contributed by atoms with Crippen molar-refractivity contribution in [2.75, 3.05) is 11.8 Å². The number of hydrogen-bond acceptors (Lipinski definition) is 4. The van der Waals surface area contributed by atoms with E-state index < -0.39 is 31.7 Å². The molecule has 372 valence electrons. The molecule has 10 heteroatoms. The molecule has 0 saturated heterocycles. The Bertz CT molecular complexity index is 2050. The van der Waals surface area contributed by atoms with Crippen LogP contribution in [0.3, 0.4) is 0 Å². The van der Waals surface area contributed by atoms with E-state index in [1.165, 1.54) is 106 Å². The molecule has 0 fully saturated rings. The molecule has 0 N–H and O–H groups in total. The molecule has 0 aromatic heterocycles. The van der Waals surface area contributed by atoms with Gasteiger partial charge >= 0.3 is 0 Å². The predicted molar refractivity (Wildman–Crippen MR) is 304 cm³/mol. The number of hydrogen-bond donors (Lipinski definition) is 0. The Morgan fingerprint density at radius 2 is 0.292 bits per heavy atom. The largest absolute Gasteiger partial charge is 0.512 e. The smallest absolute Gasteiger partial charge is 0.156 e. The topological polar surface area (TPSA) is 95.2 Å². The average Bonchev–Trinajstić information content (AvgIpc) is 3.43. The molecule has 0 heterocycles. The Morgan fingerprint density at radius 3 is 0.389 bits per heavy atom. The summed E-state index contributed by atoms with van der Waals surface area (Å²) in [6.45, 7) is 19.0. The number of rotatable bonds is 20. The van der Waals surface area contributed by atoms with Crippen LogP contribution in [0.1, 0.15) is 44.5 Å². The summed E-state index contributed by atoms with van der Waals surface area (Å²) in [7, 11) is -2.16. The van der Waals surface area contributed by atoms with Gasteiger partial charge in [-0.3, -0.25) is 0 Å². The van der Waals surface area contributed by atoms with Crippen molar-refractivity contribution in [2.45, 2.75) is 49.3 Å². The van der Waals surface area contributed by atoms with Crippen LogP contribution in [0, 0.1) is 47.3 Å². The van der Waals surface area contributed by atoms with Crippen molar-refractivity contribution in [1.29, 1.82) is 21.0 Å². The van der Waals surface area contributed by atoms with Gasteiger partial charge in [0.1, 0.15) is 0 Å². The molecule has 0 radical (unpaired) electrons. The maximum absolute atomic E-state index is 6.25. The zero-order valence-electron chi connectivity index (χ0n) is 40.6. The van der Waals surface area contributed by atoms with Gasteiger partial charge in [-0.2, -0.15) is 0 Å². The number of benzene rings is 8. The maximum Gasteiger partial charge on any atom is 0.156 e. The van der Waals surface area contributed by atoms with Gasteiger partial charge < -0.3 is 47.3 Å². The van der Waals surface area contributed by atoms with Crippen LogP contribution in [0.4, 0.5) is 0 Å². The monoisotopic (exact) mass is 1380 g/mol. The Morgan fingerprint density at radius 1 is 0.194 bits per heavy atom. The van der Waals surface area contributed by atoms with Crippen LogP contribution in [0.2, 0.25) is 0 Å². The van der Waals surface area contributed by atoms with E-state index in [1.807, 2.05) is 0 Å². The summed E-state index contributed by atoms with van der Waals surface area (Å²) >= 11 is 0. The van der Waals surface area contributed by atoms with E-state index in [2.05, 4.69) is 243 Å². The fraction of sp³-hybridized carbons (Fsp3) is 0.161. The van der Waals surface area contributed by atoms with E-state index in [-0.39, 0.29) is 42.1 Å². The molecule has 0 unspecified atom stereocenters. The molecule has 8 aromatic rings. The van der Waals surface area contributed by atoms with E-state index in [4.69, 9.17) is 47.3 Å². The SMILES string of the molecule is [C-]#N.[C-]#N.[C-]#N.[C-]#N.[Pt].[Pt].c1ccc(C[PH+](Cc2ccccc2)C[PH+](Cc2ccccc2)Cc2ccccc2)cc1.c1ccc(C[PH+](Cc2ccccc2)C[PH+](Cc2ccccc2)Cc2ccccc2)cc1. The summed E-state index contributed by atoms with van der Waals surface area (Å²) in [4.78, 5) is 0. The summed E-state index contributed by atoms with van der Waals surface area (Å²) in [6, 6.07) is 89.2.